The Morgan fingerprint density at radius 1 is 0.929 bits per heavy atom. The smallest absolute Gasteiger partial charge is 0.271 e. The summed E-state index contributed by atoms with van der Waals surface area (Å²) < 4.78 is 0. The third-order valence-electron chi connectivity index (χ3n) is 4.89. The van der Waals surface area contributed by atoms with Crippen molar-refractivity contribution in [1.82, 2.24) is 15.8 Å². The predicted molar refractivity (Wildman–Crippen MR) is 106 cm³/mol. The second kappa shape index (κ2) is 7.56. The number of nitrogens with zero attached hydrogens (tertiary/aromatic N) is 1. The summed E-state index contributed by atoms with van der Waals surface area (Å²) in [5, 5.41) is 0.782. The van der Waals surface area contributed by atoms with Gasteiger partial charge in [0.05, 0.1) is 5.56 Å². The number of carbonyl (C=O) groups excluding carboxylic acids is 3. The zero-order valence-corrected chi connectivity index (χ0v) is 15.2. The molecule has 0 aliphatic carbocycles. The average Bonchev–Trinajstić information content (AvgIpc) is 3.16. The molecular formula is C21H20N4O3. The van der Waals surface area contributed by atoms with Crippen molar-refractivity contribution in [3.05, 3.63) is 65.9 Å². The van der Waals surface area contributed by atoms with Gasteiger partial charge in [-0.2, -0.15) is 0 Å². The van der Waals surface area contributed by atoms with Gasteiger partial charge in [-0.3, -0.25) is 25.2 Å². The van der Waals surface area contributed by atoms with Crippen molar-refractivity contribution < 1.29 is 14.4 Å². The number of aromatic nitrogens is 1. The average molecular weight is 376 g/mol. The molecule has 1 saturated heterocycles. The van der Waals surface area contributed by atoms with Gasteiger partial charge in [0, 0.05) is 41.3 Å². The molecule has 3 N–H and O–H groups in total. The van der Waals surface area contributed by atoms with E-state index < -0.39 is 11.8 Å². The number of hydrogen-bond acceptors (Lipinski definition) is 3. The van der Waals surface area contributed by atoms with Gasteiger partial charge in [0.15, 0.2) is 0 Å². The third kappa shape index (κ3) is 3.46. The molecule has 0 atom stereocenters. The van der Waals surface area contributed by atoms with E-state index in [1.807, 2.05) is 24.3 Å². The third-order valence-corrected chi connectivity index (χ3v) is 4.89. The molecule has 0 bridgehead atoms. The van der Waals surface area contributed by atoms with E-state index in [4.69, 9.17) is 0 Å². The Labute approximate surface area is 161 Å². The molecule has 1 fully saturated rings. The molecule has 1 aliphatic heterocycles. The highest BCUT2D eigenvalue weighted by atomic mass is 16.2. The number of H-pyrrole nitrogens is 1. The first-order valence-corrected chi connectivity index (χ1v) is 9.21. The van der Waals surface area contributed by atoms with Gasteiger partial charge >= 0.3 is 0 Å². The summed E-state index contributed by atoms with van der Waals surface area (Å²) in [5.41, 5.74) is 7.34. The van der Waals surface area contributed by atoms with Crippen LogP contribution < -0.4 is 15.8 Å². The number of amides is 3. The number of benzene rings is 2. The summed E-state index contributed by atoms with van der Waals surface area (Å²) in [4.78, 5) is 41.4. The van der Waals surface area contributed by atoms with Gasteiger partial charge in [0.25, 0.3) is 11.8 Å². The van der Waals surface area contributed by atoms with Crippen LogP contribution in [0, 0.1) is 0 Å². The number of fused-ring (bicyclic) bond motifs is 1. The maximum absolute atomic E-state index is 12.4. The van der Waals surface area contributed by atoms with Crippen LogP contribution in [0.15, 0.2) is 54.7 Å². The van der Waals surface area contributed by atoms with Crippen LogP contribution in [-0.2, 0) is 4.79 Å². The van der Waals surface area contributed by atoms with E-state index in [0.717, 1.165) is 29.4 Å². The van der Waals surface area contributed by atoms with Crippen LogP contribution in [0.3, 0.4) is 0 Å². The van der Waals surface area contributed by atoms with Gasteiger partial charge in [-0.15, -0.1) is 0 Å². The van der Waals surface area contributed by atoms with Crippen LogP contribution in [0.4, 0.5) is 5.69 Å². The summed E-state index contributed by atoms with van der Waals surface area (Å²) in [5.74, 6) is -0.722. The topological polar surface area (TPSA) is 94.3 Å². The van der Waals surface area contributed by atoms with Crippen molar-refractivity contribution in [1.29, 1.82) is 0 Å². The summed E-state index contributed by atoms with van der Waals surface area (Å²) in [7, 11) is 0. The lowest BCUT2D eigenvalue weighted by molar-refractivity contribution is -0.119. The molecule has 3 aromatic rings. The van der Waals surface area contributed by atoms with Gasteiger partial charge in [-0.1, -0.05) is 18.2 Å². The minimum atomic E-state index is -0.426. The molecule has 1 aliphatic rings. The lowest BCUT2D eigenvalue weighted by Crippen LogP contribution is -2.41. The highest BCUT2D eigenvalue weighted by molar-refractivity contribution is 6.07. The maximum atomic E-state index is 12.4. The SMILES string of the molecule is O=C(NNC(=O)c1c[nH]c2ccccc12)c1ccc(N2CCCCC2=O)cc1. The minimum Gasteiger partial charge on any atom is -0.360 e. The first-order valence-electron chi connectivity index (χ1n) is 9.21. The van der Waals surface area contributed by atoms with E-state index in [1.54, 1.807) is 35.4 Å². The first kappa shape index (κ1) is 17.8. The highest BCUT2D eigenvalue weighted by Crippen LogP contribution is 2.21. The number of nitrogens with one attached hydrogen (secondary N) is 3. The van der Waals surface area contributed by atoms with Crippen molar-refractivity contribution in [3.63, 3.8) is 0 Å². The van der Waals surface area contributed by atoms with Crippen molar-refractivity contribution >= 4 is 34.3 Å². The highest BCUT2D eigenvalue weighted by Gasteiger charge is 2.20. The number of piperidine rings is 1. The Kier molecular flexibility index (Phi) is 4.80. The zero-order chi connectivity index (χ0) is 19.5. The fourth-order valence-corrected chi connectivity index (χ4v) is 3.38. The summed E-state index contributed by atoms with van der Waals surface area (Å²) >= 11 is 0. The van der Waals surface area contributed by atoms with Gasteiger partial charge in [0.2, 0.25) is 5.91 Å². The van der Waals surface area contributed by atoms with E-state index in [0.29, 0.717) is 24.1 Å². The lowest BCUT2D eigenvalue weighted by Gasteiger charge is -2.26. The summed E-state index contributed by atoms with van der Waals surface area (Å²) in [6, 6.07) is 14.2. The van der Waals surface area contributed by atoms with Crippen LogP contribution in [-0.4, -0.2) is 29.3 Å². The molecule has 0 unspecified atom stereocenters. The minimum absolute atomic E-state index is 0.106. The number of anilines is 1. The van der Waals surface area contributed by atoms with E-state index in [1.165, 1.54) is 0 Å². The van der Waals surface area contributed by atoms with Crippen LogP contribution in [0.25, 0.3) is 10.9 Å². The van der Waals surface area contributed by atoms with E-state index >= 15 is 0 Å². The molecule has 2 aromatic carbocycles. The zero-order valence-electron chi connectivity index (χ0n) is 15.2. The Morgan fingerprint density at radius 3 is 2.46 bits per heavy atom. The summed E-state index contributed by atoms with van der Waals surface area (Å²) in [6.45, 7) is 0.699. The standard InChI is InChI=1S/C21H20N4O3/c26-19-7-3-4-12-25(19)15-10-8-14(9-11-15)20(27)23-24-21(28)17-13-22-18-6-2-1-5-16(17)18/h1-2,5-6,8-11,13,22H,3-4,7,12H2,(H,23,27)(H,24,28). The van der Waals surface area contributed by atoms with Crippen molar-refractivity contribution in [2.75, 3.05) is 11.4 Å². The lowest BCUT2D eigenvalue weighted by atomic mass is 10.1. The molecule has 28 heavy (non-hydrogen) atoms. The number of carbonyl (C=O) groups is 3. The van der Waals surface area contributed by atoms with Gasteiger partial charge in [0.1, 0.15) is 0 Å². The first-order chi connectivity index (χ1) is 13.6. The number of hydrazine groups is 1. The van der Waals surface area contributed by atoms with Gasteiger partial charge < -0.3 is 9.88 Å². The Morgan fingerprint density at radius 2 is 1.68 bits per heavy atom. The fourth-order valence-electron chi connectivity index (χ4n) is 3.38. The van der Waals surface area contributed by atoms with E-state index in [-0.39, 0.29) is 5.91 Å². The second-order valence-electron chi connectivity index (χ2n) is 6.71. The predicted octanol–water partition coefficient (Wildman–Crippen LogP) is 2.76. The maximum Gasteiger partial charge on any atom is 0.271 e. The quantitative estimate of drug-likeness (QED) is 0.614. The number of aromatic amines is 1. The Hall–Kier alpha value is -3.61. The fraction of sp³-hybridized carbons (Fsp3) is 0.190. The van der Waals surface area contributed by atoms with E-state index in [9.17, 15) is 14.4 Å². The van der Waals surface area contributed by atoms with Crippen molar-refractivity contribution in [2.45, 2.75) is 19.3 Å². The summed E-state index contributed by atoms with van der Waals surface area (Å²) in [6.07, 6.45) is 4.07. The van der Waals surface area contributed by atoms with Crippen molar-refractivity contribution in [2.24, 2.45) is 0 Å². The molecular weight excluding hydrogens is 356 g/mol. The molecule has 1 aromatic heterocycles. The van der Waals surface area contributed by atoms with Crippen LogP contribution in [0.1, 0.15) is 40.0 Å². The van der Waals surface area contributed by atoms with Gasteiger partial charge in [-0.25, -0.2) is 0 Å². The van der Waals surface area contributed by atoms with Gasteiger partial charge in [-0.05, 0) is 43.2 Å². The monoisotopic (exact) mass is 376 g/mol. The normalized spacial score (nSPS) is 14.1. The number of para-hydroxylation sites is 1. The Balaban J connectivity index is 1.39. The molecule has 0 spiro atoms. The molecule has 0 saturated carbocycles. The molecule has 3 amide bonds. The number of hydrogen-bond donors (Lipinski definition) is 3. The van der Waals surface area contributed by atoms with E-state index in [2.05, 4.69) is 15.8 Å². The number of rotatable bonds is 3. The molecule has 2 heterocycles. The van der Waals surface area contributed by atoms with Crippen LogP contribution >= 0.6 is 0 Å². The van der Waals surface area contributed by atoms with Crippen LogP contribution in [0.2, 0.25) is 0 Å². The van der Waals surface area contributed by atoms with Crippen LogP contribution in [0.5, 0.6) is 0 Å². The largest absolute Gasteiger partial charge is 0.360 e. The Bertz CT molecular complexity index is 1040. The van der Waals surface area contributed by atoms with Crippen molar-refractivity contribution in [3.8, 4) is 0 Å². The molecule has 0 radical (unpaired) electrons. The molecule has 7 heteroatoms. The molecule has 142 valence electrons. The molecule has 4 rings (SSSR count). The second-order valence-corrected chi connectivity index (χ2v) is 6.71. The molecule has 7 nitrogen and oxygen atoms in total.